The SMILES string of the molecule is O=C1OC(=O)c2c1cc(Cl)c1ccccc21. The number of hydrogen-bond acceptors (Lipinski definition) is 3. The maximum atomic E-state index is 11.5. The van der Waals surface area contributed by atoms with Crippen molar-refractivity contribution in [1.82, 2.24) is 0 Å². The van der Waals surface area contributed by atoms with Gasteiger partial charge in [0.05, 0.1) is 11.1 Å². The quantitative estimate of drug-likeness (QED) is 0.518. The standard InChI is InChI=1S/C12H5ClO3/c13-9-5-8-10(12(15)16-11(8)14)7-4-2-1-3-6(7)9/h1-5H. The third-order valence-corrected chi connectivity index (χ3v) is 2.92. The molecule has 1 aliphatic heterocycles. The molecule has 0 aromatic heterocycles. The van der Waals surface area contributed by atoms with Crippen LogP contribution in [0.5, 0.6) is 0 Å². The van der Waals surface area contributed by atoms with E-state index < -0.39 is 11.9 Å². The molecule has 0 saturated heterocycles. The number of carbonyl (C=O) groups excluding carboxylic acids is 2. The molecule has 2 aromatic carbocycles. The van der Waals surface area contributed by atoms with Crippen molar-refractivity contribution in [2.45, 2.75) is 0 Å². The van der Waals surface area contributed by atoms with E-state index in [1.165, 1.54) is 6.07 Å². The molecule has 0 atom stereocenters. The first-order chi connectivity index (χ1) is 7.68. The summed E-state index contributed by atoms with van der Waals surface area (Å²) in [6.45, 7) is 0. The Morgan fingerprint density at radius 2 is 1.69 bits per heavy atom. The highest BCUT2D eigenvalue weighted by Crippen LogP contribution is 2.33. The van der Waals surface area contributed by atoms with Gasteiger partial charge >= 0.3 is 11.9 Å². The molecule has 0 bridgehead atoms. The number of rotatable bonds is 0. The van der Waals surface area contributed by atoms with Crippen LogP contribution < -0.4 is 0 Å². The van der Waals surface area contributed by atoms with Crippen LogP contribution >= 0.6 is 11.6 Å². The average molecular weight is 233 g/mol. The first-order valence-electron chi connectivity index (χ1n) is 4.66. The van der Waals surface area contributed by atoms with E-state index >= 15 is 0 Å². The Kier molecular flexibility index (Phi) is 1.79. The highest BCUT2D eigenvalue weighted by molar-refractivity contribution is 6.37. The Labute approximate surface area is 95.6 Å². The molecule has 0 aliphatic carbocycles. The first-order valence-corrected chi connectivity index (χ1v) is 5.04. The van der Waals surface area contributed by atoms with Crippen molar-refractivity contribution >= 4 is 34.3 Å². The van der Waals surface area contributed by atoms with Crippen LogP contribution in [0.3, 0.4) is 0 Å². The summed E-state index contributed by atoms with van der Waals surface area (Å²) in [4.78, 5) is 22.9. The van der Waals surface area contributed by atoms with E-state index in [9.17, 15) is 9.59 Å². The van der Waals surface area contributed by atoms with E-state index in [1.54, 1.807) is 18.2 Å². The molecule has 0 saturated carbocycles. The van der Waals surface area contributed by atoms with Crippen molar-refractivity contribution in [3.05, 3.63) is 46.5 Å². The summed E-state index contributed by atoms with van der Waals surface area (Å²) in [5, 5.41) is 1.84. The van der Waals surface area contributed by atoms with Gasteiger partial charge in [0.2, 0.25) is 0 Å². The van der Waals surface area contributed by atoms with Crippen molar-refractivity contribution in [2.75, 3.05) is 0 Å². The van der Waals surface area contributed by atoms with Crippen LogP contribution in [0.25, 0.3) is 10.8 Å². The van der Waals surface area contributed by atoms with Gasteiger partial charge in [0.1, 0.15) is 0 Å². The monoisotopic (exact) mass is 232 g/mol. The highest BCUT2D eigenvalue weighted by atomic mass is 35.5. The number of esters is 2. The number of benzene rings is 2. The second kappa shape index (κ2) is 3.06. The van der Waals surface area contributed by atoms with Crippen molar-refractivity contribution in [2.24, 2.45) is 0 Å². The Balaban J connectivity index is 2.53. The van der Waals surface area contributed by atoms with Gasteiger partial charge in [-0.05, 0) is 11.5 Å². The van der Waals surface area contributed by atoms with E-state index in [0.29, 0.717) is 16.0 Å². The molecule has 4 heteroatoms. The van der Waals surface area contributed by atoms with Crippen molar-refractivity contribution in [3.8, 4) is 0 Å². The van der Waals surface area contributed by atoms with Gasteiger partial charge in [0, 0.05) is 10.4 Å². The van der Waals surface area contributed by atoms with Crippen molar-refractivity contribution < 1.29 is 14.3 Å². The van der Waals surface area contributed by atoms with E-state index in [4.69, 9.17) is 11.6 Å². The number of cyclic esters (lactones) is 2. The number of hydrogen-bond donors (Lipinski definition) is 0. The zero-order valence-corrected chi connectivity index (χ0v) is 8.75. The number of halogens is 1. The van der Waals surface area contributed by atoms with Crippen molar-refractivity contribution in [3.63, 3.8) is 0 Å². The predicted molar refractivity (Wildman–Crippen MR) is 58.7 cm³/mol. The Bertz CT molecular complexity index is 646. The van der Waals surface area contributed by atoms with Crippen LogP contribution in [-0.2, 0) is 4.74 Å². The summed E-state index contributed by atoms with van der Waals surface area (Å²) in [7, 11) is 0. The molecule has 78 valence electrons. The molecule has 3 rings (SSSR count). The molecule has 1 heterocycles. The van der Waals surface area contributed by atoms with Gasteiger partial charge in [0.25, 0.3) is 0 Å². The molecule has 0 spiro atoms. The van der Waals surface area contributed by atoms with E-state index in [-0.39, 0.29) is 5.56 Å². The molecule has 16 heavy (non-hydrogen) atoms. The molecule has 1 aliphatic rings. The minimum atomic E-state index is -0.632. The van der Waals surface area contributed by atoms with Gasteiger partial charge < -0.3 is 4.74 Å². The lowest BCUT2D eigenvalue weighted by molar-refractivity contribution is 0.0444. The number of ether oxygens (including phenoxy) is 1. The fourth-order valence-corrected chi connectivity index (χ4v) is 2.18. The van der Waals surface area contributed by atoms with Crippen LogP contribution in [-0.4, -0.2) is 11.9 Å². The molecule has 0 unspecified atom stereocenters. The maximum absolute atomic E-state index is 11.5. The zero-order chi connectivity index (χ0) is 11.3. The van der Waals surface area contributed by atoms with Crippen LogP contribution in [0.1, 0.15) is 20.7 Å². The summed E-state index contributed by atoms with van der Waals surface area (Å²) in [6, 6.07) is 8.64. The Hall–Kier alpha value is -1.87. The van der Waals surface area contributed by atoms with Crippen LogP contribution in [0.4, 0.5) is 0 Å². The lowest BCUT2D eigenvalue weighted by Crippen LogP contribution is -1.97. The minimum Gasteiger partial charge on any atom is -0.386 e. The van der Waals surface area contributed by atoms with Gasteiger partial charge in [-0.25, -0.2) is 9.59 Å². The van der Waals surface area contributed by atoms with Gasteiger partial charge in [-0.1, -0.05) is 35.9 Å². The molecule has 0 radical (unpaired) electrons. The highest BCUT2D eigenvalue weighted by Gasteiger charge is 2.32. The largest absolute Gasteiger partial charge is 0.386 e. The summed E-state index contributed by atoms with van der Waals surface area (Å²) in [5.41, 5.74) is 0.554. The van der Waals surface area contributed by atoms with Gasteiger partial charge in [0.15, 0.2) is 0 Å². The molecule has 0 fully saturated rings. The summed E-state index contributed by atoms with van der Waals surface area (Å²) in [6.07, 6.45) is 0. The number of fused-ring (bicyclic) bond motifs is 3. The second-order valence-electron chi connectivity index (χ2n) is 3.50. The molecule has 0 N–H and O–H groups in total. The fourth-order valence-electron chi connectivity index (χ4n) is 1.90. The maximum Gasteiger partial charge on any atom is 0.347 e. The average Bonchev–Trinajstić information content (AvgIpc) is 2.55. The van der Waals surface area contributed by atoms with Gasteiger partial charge in [-0.2, -0.15) is 0 Å². The lowest BCUT2D eigenvalue weighted by Gasteiger charge is -2.02. The van der Waals surface area contributed by atoms with Crippen molar-refractivity contribution in [1.29, 1.82) is 0 Å². The van der Waals surface area contributed by atoms with Crippen LogP contribution in [0.2, 0.25) is 5.02 Å². The minimum absolute atomic E-state index is 0.244. The Morgan fingerprint density at radius 3 is 2.44 bits per heavy atom. The molecule has 0 amide bonds. The zero-order valence-electron chi connectivity index (χ0n) is 7.99. The summed E-state index contributed by atoms with van der Waals surface area (Å²) >= 11 is 6.03. The Morgan fingerprint density at radius 1 is 1.00 bits per heavy atom. The normalized spacial score (nSPS) is 14.1. The molecular weight excluding hydrogens is 228 g/mol. The smallest absolute Gasteiger partial charge is 0.347 e. The van der Waals surface area contributed by atoms with Gasteiger partial charge in [-0.15, -0.1) is 0 Å². The number of carbonyl (C=O) groups is 2. The third-order valence-electron chi connectivity index (χ3n) is 2.60. The second-order valence-corrected chi connectivity index (χ2v) is 3.91. The van der Waals surface area contributed by atoms with Crippen LogP contribution in [0.15, 0.2) is 30.3 Å². The molecule has 2 aromatic rings. The third kappa shape index (κ3) is 1.09. The summed E-state index contributed by atoms with van der Waals surface area (Å²) < 4.78 is 4.56. The molecule has 3 nitrogen and oxygen atoms in total. The topological polar surface area (TPSA) is 43.4 Å². The van der Waals surface area contributed by atoms with Crippen LogP contribution in [0, 0.1) is 0 Å². The molecular formula is C12H5ClO3. The lowest BCUT2D eigenvalue weighted by atomic mass is 10.0. The first kappa shape index (κ1) is 9.36. The predicted octanol–water partition coefficient (Wildman–Crippen LogP) is 2.80. The summed E-state index contributed by atoms with van der Waals surface area (Å²) in [5.74, 6) is -1.24. The van der Waals surface area contributed by atoms with Gasteiger partial charge in [-0.3, -0.25) is 0 Å². The fraction of sp³-hybridized carbons (Fsp3) is 0. The van der Waals surface area contributed by atoms with E-state index in [2.05, 4.69) is 4.74 Å². The van der Waals surface area contributed by atoms with E-state index in [1.807, 2.05) is 6.07 Å². The van der Waals surface area contributed by atoms with E-state index in [0.717, 1.165) is 5.39 Å².